The number of carbonyl (C=O) groups is 1. The van der Waals surface area contributed by atoms with Gasteiger partial charge in [-0.3, -0.25) is 9.79 Å². The van der Waals surface area contributed by atoms with Crippen molar-refractivity contribution in [1.82, 2.24) is 15.5 Å². The number of ether oxygens (including phenoxy) is 1. The fourth-order valence-electron chi connectivity index (χ4n) is 3.97. The van der Waals surface area contributed by atoms with E-state index in [1.165, 1.54) is 5.56 Å². The summed E-state index contributed by atoms with van der Waals surface area (Å²) in [7, 11) is 0. The van der Waals surface area contributed by atoms with Gasteiger partial charge < -0.3 is 20.3 Å². The van der Waals surface area contributed by atoms with Crippen LogP contribution in [0.1, 0.15) is 65.9 Å². The van der Waals surface area contributed by atoms with Crippen molar-refractivity contribution < 1.29 is 9.53 Å². The molecule has 0 spiro atoms. The maximum absolute atomic E-state index is 12.6. The molecule has 0 radical (unpaired) electrons. The summed E-state index contributed by atoms with van der Waals surface area (Å²) in [5.41, 5.74) is 1.26. The van der Waals surface area contributed by atoms with Crippen LogP contribution in [-0.4, -0.2) is 55.6 Å². The Labute approximate surface area is 195 Å². The molecule has 2 rings (SSSR count). The quantitative estimate of drug-likeness (QED) is 0.396. The molecule has 0 saturated carbocycles. The minimum Gasteiger partial charge on any atom is -0.493 e. The molecular formula is C26H44N4O2. The summed E-state index contributed by atoms with van der Waals surface area (Å²) in [5, 5.41) is 6.94. The van der Waals surface area contributed by atoms with Crippen molar-refractivity contribution in [3.63, 3.8) is 0 Å². The molecule has 180 valence electrons. The lowest BCUT2D eigenvalue weighted by Crippen LogP contribution is -2.50. The second-order valence-corrected chi connectivity index (χ2v) is 9.12. The molecule has 1 amide bonds. The standard InChI is InChI=1S/C26H44N4O2/c1-6-22(7-2)25(31)30-17-14-23(15-18-30)29-26(27-8-3)28-16-13-21-9-11-24(12-10-21)32-19-20(4)5/h9-12,20,22-23H,6-8,13-19H2,1-5H3,(H2,27,28,29). The van der Waals surface area contributed by atoms with E-state index in [9.17, 15) is 4.79 Å². The van der Waals surface area contributed by atoms with E-state index < -0.39 is 0 Å². The van der Waals surface area contributed by atoms with Crippen LogP contribution in [0.2, 0.25) is 0 Å². The van der Waals surface area contributed by atoms with Gasteiger partial charge in [0.05, 0.1) is 6.61 Å². The summed E-state index contributed by atoms with van der Waals surface area (Å²) >= 11 is 0. The van der Waals surface area contributed by atoms with Gasteiger partial charge in [0, 0.05) is 38.1 Å². The van der Waals surface area contributed by atoms with Gasteiger partial charge >= 0.3 is 0 Å². The van der Waals surface area contributed by atoms with E-state index in [0.29, 0.717) is 17.9 Å². The number of nitrogens with zero attached hydrogens (tertiary/aromatic N) is 2. The number of hydrogen-bond acceptors (Lipinski definition) is 3. The van der Waals surface area contributed by atoms with Crippen LogP contribution in [0.5, 0.6) is 5.75 Å². The van der Waals surface area contributed by atoms with Gasteiger partial charge in [0.2, 0.25) is 5.91 Å². The summed E-state index contributed by atoms with van der Waals surface area (Å²) in [6.07, 6.45) is 4.68. The van der Waals surface area contributed by atoms with E-state index in [1.54, 1.807) is 0 Å². The third-order valence-corrected chi connectivity index (χ3v) is 6.00. The summed E-state index contributed by atoms with van der Waals surface area (Å²) < 4.78 is 5.76. The molecule has 0 aromatic heterocycles. The van der Waals surface area contributed by atoms with E-state index in [2.05, 4.69) is 62.3 Å². The van der Waals surface area contributed by atoms with E-state index >= 15 is 0 Å². The first-order chi connectivity index (χ1) is 15.5. The maximum Gasteiger partial charge on any atom is 0.225 e. The summed E-state index contributed by atoms with van der Waals surface area (Å²) in [6, 6.07) is 8.69. The number of hydrogen-bond donors (Lipinski definition) is 2. The third kappa shape index (κ3) is 8.71. The van der Waals surface area contributed by atoms with Crippen molar-refractivity contribution in [3.05, 3.63) is 29.8 Å². The predicted molar refractivity (Wildman–Crippen MR) is 133 cm³/mol. The van der Waals surface area contributed by atoms with E-state index in [0.717, 1.165) is 76.6 Å². The first-order valence-electron chi connectivity index (χ1n) is 12.5. The number of nitrogens with one attached hydrogen (secondary N) is 2. The fraction of sp³-hybridized carbons (Fsp3) is 0.692. The van der Waals surface area contributed by atoms with Crippen LogP contribution in [0.4, 0.5) is 0 Å². The first kappa shape index (κ1) is 26.0. The zero-order valence-electron chi connectivity index (χ0n) is 20.8. The van der Waals surface area contributed by atoms with Crippen LogP contribution < -0.4 is 15.4 Å². The van der Waals surface area contributed by atoms with E-state index in [1.807, 2.05) is 12.1 Å². The predicted octanol–water partition coefficient (Wildman–Crippen LogP) is 4.25. The van der Waals surface area contributed by atoms with Gasteiger partial charge in [0.15, 0.2) is 5.96 Å². The Bertz CT molecular complexity index is 690. The zero-order valence-corrected chi connectivity index (χ0v) is 20.8. The molecule has 0 atom stereocenters. The molecule has 6 heteroatoms. The van der Waals surface area contributed by atoms with Crippen molar-refractivity contribution in [2.75, 3.05) is 32.8 Å². The van der Waals surface area contributed by atoms with Crippen molar-refractivity contribution in [1.29, 1.82) is 0 Å². The molecule has 2 N–H and O–H groups in total. The van der Waals surface area contributed by atoms with Gasteiger partial charge in [-0.05, 0) is 62.6 Å². The second-order valence-electron chi connectivity index (χ2n) is 9.12. The number of aliphatic imine (C=N–C) groups is 1. The Morgan fingerprint density at radius 2 is 1.78 bits per heavy atom. The third-order valence-electron chi connectivity index (χ3n) is 6.00. The average Bonchev–Trinajstić information content (AvgIpc) is 2.80. The van der Waals surface area contributed by atoms with E-state index in [-0.39, 0.29) is 5.92 Å². The highest BCUT2D eigenvalue weighted by Crippen LogP contribution is 2.17. The van der Waals surface area contributed by atoms with E-state index in [4.69, 9.17) is 9.73 Å². The highest BCUT2D eigenvalue weighted by molar-refractivity contribution is 5.80. The first-order valence-corrected chi connectivity index (χ1v) is 12.5. The molecule has 1 heterocycles. The second kappa shape index (κ2) is 14.0. The van der Waals surface area contributed by atoms with Crippen LogP contribution in [0.15, 0.2) is 29.3 Å². The Morgan fingerprint density at radius 3 is 2.34 bits per heavy atom. The average molecular weight is 445 g/mol. The molecule has 1 aliphatic rings. The Kier molecular flexibility index (Phi) is 11.4. The Balaban J connectivity index is 1.80. The smallest absolute Gasteiger partial charge is 0.225 e. The molecule has 1 fully saturated rings. The van der Waals surface area contributed by atoms with Crippen LogP contribution in [0.3, 0.4) is 0 Å². The molecule has 0 aliphatic carbocycles. The van der Waals surface area contributed by atoms with Gasteiger partial charge in [-0.2, -0.15) is 0 Å². The largest absolute Gasteiger partial charge is 0.493 e. The number of carbonyl (C=O) groups excluding carboxylic acids is 1. The van der Waals surface area contributed by atoms with Crippen molar-refractivity contribution in [3.8, 4) is 5.75 Å². The maximum atomic E-state index is 12.6. The Hall–Kier alpha value is -2.24. The number of rotatable bonds is 11. The molecule has 1 aromatic carbocycles. The molecular weight excluding hydrogens is 400 g/mol. The molecule has 1 aromatic rings. The number of piperidine rings is 1. The molecule has 1 saturated heterocycles. The Morgan fingerprint density at radius 1 is 1.12 bits per heavy atom. The fourth-order valence-corrected chi connectivity index (χ4v) is 3.97. The number of benzene rings is 1. The van der Waals surface area contributed by atoms with Crippen LogP contribution in [-0.2, 0) is 11.2 Å². The summed E-state index contributed by atoms with van der Waals surface area (Å²) in [5.74, 6) is 2.83. The number of likely N-dealkylation sites (tertiary alicyclic amines) is 1. The molecule has 0 bridgehead atoms. The van der Waals surface area contributed by atoms with Gasteiger partial charge in [0.1, 0.15) is 5.75 Å². The van der Waals surface area contributed by atoms with Crippen molar-refractivity contribution >= 4 is 11.9 Å². The van der Waals surface area contributed by atoms with Gasteiger partial charge in [-0.1, -0.05) is 39.8 Å². The summed E-state index contributed by atoms with van der Waals surface area (Å²) in [6.45, 7) is 14.6. The van der Waals surface area contributed by atoms with Crippen molar-refractivity contribution in [2.45, 2.75) is 72.8 Å². The monoisotopic (exact) mass is 444 g/mol. The highest BCUT2D eigenvalue weighted by Gasteiger charge is 2.26. The van der Waals surface area contributed by atoms with Gasteiger partial charge in [-0.25, -0.2) is 0 Å². The summed E-state index contributed by atoms with van der Waals surface area (Å²) in [4.78, 5) is 19.4. The highest BCUT2D eigenvalue weighted by atomic mass is 16.5. The van der Waals surface area contributed by atoms with Crippen molar-refractivity contribution in [2.24, 2.45) is 16.8 Å². The van der Waals surface area contributed by atoms with Gasteiger partial charge in [-0.15, -0.1) is 0 Å². The topological polar surface area (TPSA) is 66.0 Å². The van der Waals surface area contributed by atoms with Gasteiger partial charge in [0.25, 0.3) is 0 Å². The van der Waals surface area contributed by atoms with Crippen LogP contribution >= 0.6 is 0 Å². The lowest BCUT2D eigenvalue weighted by Gasteiger charge is -2.34. The molecule has 0 unspecified atom stereocenters. The minimum atomic E-state index is 0.175. The van der Waals surface area contributed by atoms with Crippen LogP contribution in [0.25, 0.3) is 0 Å². The molecule has 1 aliphatic heterocycles. The normalized spacial score (nSPS) is 15.3. The number of guanidine groups is 1. The SMILES string of the molecule is CCNC(=NCCc1ccc(OCC(C)C)cc1)NC1CCN(C(=O)C(CC)CC)CC1. The lowest BCUT2D eigenvalue weighted by molar-refractivity contribution is -0.136. The molecule has 32 heavy (non-hydrogen) atoms. The van der Waals surface area contributed by atoms with Crippen LogP contribution in [0, 0.1) is 11.8 Å². The lowest BCUT2D eigenvalue weighted by atomic mass is 9.98. The zero-order chi connectivity index (χ0) is 23.3. The number of amides is 1. The minimum absolute atomic E-state index is 0.175. The molecule has 6 nitrogen and oxygen atoms in total.